The number of rotatable bonds is 6. The van der Waals surface area contributed by atoms with Crippen LogP contribution in [0.4, 0.5) is 0 Å². The summed E-state index contributed by atoms with van der Waals surface area (Å²) in [4.78, 5) is 0. The Bertz CT molecular complexity index is 447. The molecule has 1 aromatic heterocycles. The lowest BCUT2D eigenvalue weighted by Crippen LogP contribution is -2.44. The van der Waals surface area contributed by atoms with Gasteiger partial charge in [-0.25, -0.2) is 0 Å². The van der Waals surface area contributed by atoms with Crippen LogP contribution in [-0.2, 0) is 19.9 Å². The summed E-state index contributed by atoms with van der Waals surface area (Å²) in [5.41, 5.74) is 2.61. The Kier molecular flexibility index (Phi) is 5.14. The fourth-order valence-electron chi connectivity index (χ4n) is 3.58. The lowest BCUT2D eigenvalue weighted by molar-refractivity contribution is 0.219. The van der Waals surface area contributed by atoms with Crippen LogP contribution in [-0.4, -0.2) is 22.4 Å². The SMILES string of the molecule is CCNC(Cc1c(Cl)c(CC)nn1C)C1(C)CCCC1. The molecule has 0 spiro atoms. The Morgan fingerprint density at radius 3 is 2.50 bits per heavy atom. The summed E-state index contributed by atoms with van der Waals surface area (Å²) in [6.45, 7) is 7.74. The molecule has 114 valence electrons. The van der Waals surface area contributed by atoms with E-state index in [0.717, 1.165) is 30.1 Å². The van der Waals surface area contributed by atoms with Crippen molar-refractivity contribution in [2.45, 2.75) is 65.3 Å². The van der Waals surface area contributed by atoms with Gasteiger partial charge in [-0.3, -0.25) is 4.68 Å². The fraction of sp³-hybridized carbons (Fsp3) is 0.812. The van der Waals surface area contributed by atoms with Crippen molar-refractivity contribution < 1.29 is 0 Å². The van der Waals surface area contributed by atoms with E-state index in [4.69, 9.17) is 11.6 Å². The highest BCUT2D eigenvalue weighted by molar-refractivity contribution is 6.31. The molecule has 1 saturated carbocycles. The third kappa shape index (κ3) is 3.04. The van der Waals surface area contributed by atoms with Crippen LogP contribution in [0.15, 0.2) is 0 Å². The van der Waals surface area contributed by atoms with Crippen LogP contribution in [0.1, 0.15) is 57.8 Å². The van der Waals surface area contributed by atoms with Crippen LogP contribution >= 0.6 is 11.6 Å². The maximum absolute atomic E-state index is 6.51. The molecule has 0 saturated heterocycles. The van der Waals surface area contributed by atoms with Crippen molar-refractivity contribution in [1.82, 2.24) is 15.1 Å². The van der Waals surface area contributed by atoms with Crippen LogP contribution in [0.5, 0.6) is 0 Å². The zero-order valence-corrected chi connectivity index (χ0v) is 14.1. The molecule has 0 aromatic carbocycles. The lowest BCUT2D eigenvalue weighted by atomic mass is 9.78. The molecule has 1 aromatic rings. The Labute approximate surface area is 128 Å². The van der Waals surface area contributed by atoms with Crippen molar-refractivity contribution in [2.75, 3.05) is 6.54 Å². The maximum atomic E-state index is 6.51. The molecule has 0 radical (unpaired) electrons. The van der Waals surface area contributed by atoms with Gasteiger partial charge < -0.3 is 5.32 Å². The van der Waals surface area contributed by atoms with Crippen molar-refractivity contribution >= 4 is 11.6 Å². The summed E-state index contributed by atoms with van der Waals surface area (Å²) in [7, 11) is 2.01. The standard InChI is InChI=1S/C16H28ClN3/c1-5-12-15(17)13(20(4)19-12)11-14(18-6-2)16(3)9-7-8-10-16/h14,18H,5-11H2,1-4H3. The molecule has 4 heteroatoms. The van der Waals surface area contributed by atoms with Gasteiger partial charge in [-0.1, -0.05) is 45.2 Å². The molecule has 1 aliphatic carbocycles. The Morgan fingerprint density at radius 1 is 1.35 bits per heavy atom. The third-order valence-corrected chi connectivity index (χ3v) is 5.37. The second-order valence-corrected chi connectivity index (χ2v) is 6.74. The maximum Gasteiger partial charge on any atom is 0.0850 e. The second kappa shape index (κ2) is 6.48. The number of hydrogen-bond acceptors (Lipinski definition) is 2. The van der Waals surface area contributed by atoms with Gasteiger partial charge in [0.2, 0.25) is 0 Å². The van der Waals surface area contributed by atoms with E-state index >= 15 is 0 Å². The van der Waals surface area contributed by atoms with Crippen LogP contribution in [0.25, 0.3) is 0 Å². The van der Waals surface area contributed by atoms with E-state index in [1.165, 1.54) is 31.4 Å². The normalized spacial score (nSPS) is 19.4. The molecule has 3 nitrogen and oxygen atoms in total. The first-order valence-electron chi connectivity index (χ1n) is 7.95. The van der Waals surface area contributed by atoms with Gasteiger partial charge in [0.25, 0.3) is 0 Å². The number of nitrogens with zero attached hydrogens (tertiary/aromatic N) is 2. The monoisotopic (exact) mass is 297 g/mol. The van der Waals surface area contributed by atoms with Gasteiger partial charge in [0.15, 0.2) is 0 Å². The molecule has 1 atom stereocenters. The summed E-state index contributed by atoms with van der Waals surface area (Å²) in [5, 5.41) is 9.12. The van der Waals surface area contributed by atoms with Crippen LogP contribution in [0, 0.1) is 5.41 Å². The van der Waals surface area contributed by atoms with E-state index in [-0.39, 0.29) is 0 Å². The number of nitrogens with one attached hydrogen (secondary N) is 1. The smallest absolute Gasteiger partial charge is 0.0850 e. The Morgan fingerprint density at radius 2 is 2.00 bits per heavy atom. The number of aryl methyl sites for hydroxylation is 2. The summed E-state index contributed by atoms with van der Waals surface area (Å²) >= 11 is 6.51. The zero-order valence-electron chi connectivity index (χ0n) is 13.3. The molecule has 1 heterocycles. The number of hydrogen-bond donors (Lipinski definition) is 1. The van der Waals surface area contributed by atoms with Gasteiger partial charge >= 0.3 is 0 Å². The third-order valence-electron chi connectivity index (χ3n) is 4.94. The molecule has 1 N–H and O–H groups in total. The van der Waals surface area contributed by atoms with Crippen LogP contribution < -0.4 is 5.32 Å². The minimum Gasteiger partial charge on any atom is -0.313 e. The molecular weight excluding hydrogens is 270 g/mol. The first kappa shape index (κ1) is 15.8. The van der Waals surface area contributed by atoms with Crippen molar-refractivity contribution in [2.24, 2.45) is 12.5 Å². The van der Waals surface area contributed by atoms with Gasteiger partial charge in [-0.05, 0) is 31.2 Å². The quantitative estimate of drug-likeness (QED) is 0.867. The first-order valence-corrected chi connectivity index (χ1v) is 8.33. The lowest BCUT2D eigenvalue weighted by Gasteiger charge is -2.35. The molecule has 2 rings (SSSR count). The van der Waals surface area contributed by atoms with Crippen molar-refractivity contribution in [3.63, 3.8) is 0 Å². The summed E-state index contributed by atoms with van der Waals surface area (Å²) in [6, 6.07) is 0.493. The van der Waals surface area contributed by atoms with Gasteiger partial charge in [0.05, 0.1) is 16.4 Å². The van der Waals surface area contributed by atoms with E-state index in [2.05, 4.69) is 31.2 Å². The van der Waals surface area contributed by atoms with Gasteiger partial charge in [-0.2, -0.15) is 5.10 Å². The Hall–Kier alpha value is -0.540. The minimum absolute atomic E-state index is 0.399. The average Bonchev–Trinajstić information content (AvgIpc) is 2.97. The van der Waals surface area contributed by atoms with E-state index < -0.39 is 0 Å². The summed E-state index contributed by atoms with van der Waals surface area (Å²) in [6.07, 6.45) is 7.24. The topological polar surface area (TPSA) is 29.9 Å². The van der Waals surface area contributed by atoms with Gasteiger partial charge in [-0.15, -0.1) is 0 Å². The van der Waals surface area contributed by atoms with Crippen molar-refractivity contribution in [3.05, 3.63) is 16.4 Å². The minimum atomic E-state index is 0.399. The Balaban J connectivity index is 2.22. The summed E-state index contributed by atoms with van der Waals surface area (Å²) in [5.74, 6) is 0. The van der Waals surface area contributed by atoms with Gasteiger partial charge in [0, 0.05) is 19.5 Å². The van der Waals surface area contributed by atoms with E-state index in [0.29, 0.717) is 11.5 Å². The fourth-order valence-corrected chi connectivity index (χ4v) is 3.95. The first-order chi connectivity index (χ1) is 9.51. The van der Waals surface area contributed by atoms with Gasteiger partial charge in [0.1, 0.15) is 0 Å². The van der Waals surface area contributed by atoms with Crippen LogP contribution in [0.3, 0.4) is 0 Å². The molecular formula is C16H28ClN3. The highest BCUT2D eigenvalue weighted by atomic mass is 35.5. The van der Waals surface area contributed by atoms with Crippen LogP contribution in [0.2, 0.25) is 5.02 Å². The molecule has 0 aliphatic heterocycles. The van der Waals surface area contributed by atoms with Crippen molar-refractivity contribution in [3.8, 4) is 0 Å². The number of likely N-dealkylation sites (N-methyl/N-ethyl adjacent to an activating group) is 1. The molecule has 20 heavy (non-hydrogen) atoms. The largest absolute Gasteiger partial charge is 0.313 e. The zero-order chi connectivity index (χ0) is 14.8. The predicted molar refractivity (Wildman–Crippen MR) is 85.3 cm³/mol. The highest BCUT2D eigenvalue weighted by Gasteiger charge is 2.37. The molecule has 1 fully saturated rings. The average molecular weight is 298 g/mol. The van der Waals surface area contributed by atoms with Crippen molar-refractivity contribution in [1.29, 1.82) is 0 Å². The molecule has 1 unspecified atom stereocenters. The number of aromatic nitrogens is 2. The molecule has 1 aliphatic rings. The molecule has 0 amide bonds. The van der Waals surface area contributed by atoms with E-state index in [1.807, 2.05) is 11.7 Å². The number of halogens is 1. The van der Waals surface area contributed by atoms with E-state index in [9.17, 15) is 0 Å². The molecule has 0 bridgehead atoms. The highest BCUT2D eigenvalue weighted by Crippen LogP contribution is 2.42. The van der Waals surface area contributed by atoms with E-state index in [1.54, 1.807) is 0 Å². The second-order valence-electron chi connectivity index (χ2n) is 6.36. The predicted octanol–water partition coefficient (Wildman–Crippen LogP) is 3.74. The summed E-state index contributed by atoms with van der Waals surface area (Å²) < 4.78 is 1.98.